The van der Waals surface area contributed by atoms with Gasteiger partial charge in [-0.25, -0.2) is 4.79 Å². The molecule has 5 heteroatoms. The Morgan fingerprint density at radius 3 is 2.10 bits per heavy atom. The summed E-state index contributed by atoms with van der Waals surface area (Å²) in [5.74, 6) is -0.282. The number of para-hydroxylation sites is 1. The van der Waals surface area contributed by atoms with Crippen molar-refractivity contribution in [2.75, 3.05) is 0 Å². The Hall–Kier alpha value is -3.86. The topological polar surface area (TPSA) is 75.6 Å². The molecule has 0 atom stereocenters. The Labute approximate surface area is 182 Å². The molecule has 3 aromatic carbocycles. The predicted octanol–water partition coefficient (Wildman–Crippen LogP) is 5.63. The van der Waals surface area contributed by atoms with Gasteiger partial charge in [0.1, 0.15) is 17.2 Å². The van der Waals surface area contributed by atoms with Gasteiger partial charge in [0.05, 0.1) is 0 Å². The van der Waals surface area contributed by atoms with Crippen molar-refractivity contribution in [2.24, 2.45) is 0 Å². The molecule has 3 rings (SSSR count). The number of benzene rings is 3. The molecule has 0 saturated carbocycles. The van der Waals surface area contributed by atoms with Crippen LogP contribution in [0.2, 0.25) is 0 Å². The number of hydrogen-bond donors (Lipinski definition) is 2. The third-order valence-electron chi connectivity index (χ3n) is 4.63. The number of rotatable bonds is 6. The van der Waals surface area contributed by atoms with E-state index in [1.165, 1.54) is 6.08 Å². The number of amides is 1. The van der Waals surface area contributed by atoms with Gasteiger partial charge in [-0.3, -0.25) is 4.79 Å². The maximum absolute atomic E-state index is 12.3. The fraction of sp³-hybridized carbons (Fsp3) is 0.154. The molecule has 31 heavy (non-hydrogen) atoms. The van der Waals surface area contributed by atoms with Crippen molar-refractivity contribution in [2.45, 2.75) is 26.2 Å². The van der Waals surface area contributed by atoms with E-state index < -0.39 is 11.9 Å². The fourth-order valence-electron chi connectivity index (χ4n) is 3.04. The van der Waals surface area contributed by atoms with Crippen LogP contribution in [0.15, 0.2) is 84.6 Å². The van der Waals surface area contributed by atoms with Crippen LogP contribution in [0.1, 0.15) is 42.3 Å². The first-order valence-corrected chi connectivity index (χ1v) is 9.93. The second-order valence-electron chi connectivity index (χ2n) is 8.10. The van der Waals surface area contributed by atoms with Crippen LogP contribution in [0.5, 0.6) is 11.5 Å². The van der Waals surface area contributed by atoms with Crippen LogP contribution in [0, 0.1) is 0 Å². The van der Waals surface area contributed by atoms with Crippen LogP contribution in [-0.4, -0.2) is 17.0 Å². The second-order valence-corrected chi connectivity index (χ2v) is 8.10. The summed E-state index contributed by atoms with van der Waals surface area (Å²) in [6.45, 7) is 6.38. The lowest BCUT2D eigenvalue weighted by molar-refractivity contribution is -0.132. The van der Waals surface area contributed by atoms with Crippen LogP contribution < -0.4 is 10.1 Å². The summed E-state index contributed by atoms with van der Waals surface area (Å²) in [5.41, 5.74) is 1.83. The highest BCUT2D eigenvalue weighted by Gasteiger charge is 2.19. The van der Waals surface area contributed by atoms with E-state index in [1.54, 1.807) is 54.6 Å². The van der Waals surface area contributed by atoms with Crippen molar-refractivity contribution in [3.8, 4) is 11.5 Å². The lowest BCUT2D eigenvalue weighted by atomic mass is 9.86. The fourth-order valence-corrected chi connectivity index (χ4v) is 3.04. The molecule has 0 radical (unpaired) electrons. The second kappa shape index (κ2) is 9.30. The molecule has 0 bridgehead atoms. The zero-order chi connectivity index (χ0) is 22.4. The highest BCUT2D eigenvalue weighted by Crippen LogP contribution is 2.34. The van der Waals surface area contributed by atoms with Gasteiger partial charge in [0, 0.05) is 11.1 Å². The molecule has 3 aromatic rings. The molecule has 0 aliphatic rings. The largest absolute Gasteiger partial charge is 0.477 e. The molecule has 0 unspecified atom stereocenters. The van der Waals surface area contributed by atoms with E-state index in [1.807, 2.05) is 24.3 Å². The van der Waals surface area contributed by atoms with Gasteiger partial charge in [0.25, 0.3) is 5.91 Å². The molecule has 0 aromatic heterocycles. The molecule has 0 aliphatic carbocycles. The molecular formula is C26H25NO4. The van der Waals surface area contributed by atoms with Gasteiger partial charge in [0.15, 0.2) is 0 Å². The smallest absolute Gasteiger partial charge is 0.352 e. The summed E-state index contributed by atoms with van der Waals surface area (Å²) in [6, 6.07) is 23.4. The average molecular weight is 415 g/mol. The maximum Gasteiger partial charge on any atom is 0.352 e. The minimum Gasteiger partial charge on any atom is -0.477 e. The van der Waals surface area contributed by atoms with Crippen molar-refractivity contribution < 1.29 is 19.4 Å². The van der Waals surface area contributed by atoms with Gasteiger partial charge in [-0.15, -0.1) is 0 Å². The summed E-state index contributed by atoms with van der Waals surface area (Å²) in [7, 11) is 0. The molecule has 0 saturated heterocycles. The molecule has 0 heterocycles. The molecule has 0 fully saturated rings. The molecule has 0 aliphatic heterocycles. The average Bonchev–Trinajstić information content (AvgIpc) is 2.74. The van der Waals surface area contributed by atoms with Crippen LogP contribution in [0.4, 0.5) is 0 Å². The van der Waals surface area contributed by atoms with E-state index in [-0.39, 0.29) is 11.1 Å². The van der Waals surface area contributed by atoms with Gasteiger partial charge in [-0.05, 0) is 47.4 Å². The van der Waals surface area contributed by atoms with E-state index in [2.05, 4.69) is 26.1 Å². The summed E-state index contributed by atoms with van der Waals surface area (Å²) < 4.78 is 6.06. The zero-order valence-electron chi connectivity index (χ0n) is 17.8. The predicted molar refractivity (Wildman–Crippen MR) is 121 cm³/mol. The van der Waals surface area contributed by atoms with Crippen molar-refractivity contribution in [1.82, 2.24) is 5.32 Å². The van der Waals surface area contributed by atoms with Crippen LogP contribution in [0.25, 0.3) is 6.08 Å². The highest BCUT2D eigenvalue weighted by atomic mass is 16.5. The summed E-state index contributed by atoms with van der Waals surface area (Å²) in [4.78, 5) is 23.9. The number of carboxylic acids is 1. The van der Waals surface area contributed by atoms with E-state index in [4.69, 9.17) is 4.74 Å². The van der Waals surface area contributed by atoms with Crippen molar-refractivity contribution in [1.29, 1.82) is 0 Å². The van der Waals surface area contributed by atoms with E-state index >= 15 is 0 Å². The number of ether oxygens (including phenoxy) is 1. The SMILES string of the molecule is CC(C)(C)c1ccccc1Oc1ccc(/C=C(/NC(=O)c2ccccc2)C(=O)O)cc1. The van der Waals surface area contributed by atoms with E-state index in [9.17, 15) is 14.7 Å². The number of aliphatic carboxylic acids is 1. The van der Waals surface area contributed by atoms with Gasteiger partial charge in [0.2, 0.25) is 0 Å². The third-order valence-corrected chi connectivity index (χ3v) is 4.63. The number of carbonyl (C=O) groups is 2. The Morgan fingerprint density at radius 1 is 0.871 bits per heavy atom. The third kappa shape index (κ3) is 5.82. The van der Waals surface area contributed by atoms with Gasteiger partial charge >= 0.3 is 5.97 Å². The lowest BCUT2D eigenvalue weighted by Gasteiger charge is -2.22. The van der Waals surface area contributed by atoms with Crippen LogP contribution in [-0.2, 0) is 10.2 Å². The zero-order valence-corrected chi connectivity index (χ0v) is 17.8. The molecular weight excluding hydrogens is 390 g/mol. The molecule has 5 nitrogen and oxygen atoms in total. The number of carboxylic acid groups (broad SMARTS) is 1. The highest BCUT2D eigenvalue weighted by molar-refractivity contribution is 6.02. The first-order chi connectivity index (χ1) is 14.7. The van der Waals surface area contributed by atoms with Gasteiger partial charge in [-0.2, -0.15) is 0 Å². The van der Waals surface area contributed by atoms with Gasteiger partial charge in [-0.1, -0.05) is 69.3 Å². The summed E-state index contributed by atoms with van der Waals surface area (Å²) >= 11 is 0. The number of nitrogens with one attached hydrogen (secondary N) is 1. The van der Waals surface area contributed by atoms with Crippen molar-refractivity contribution >= 4 is 18.0 Å². The minimum atomic E-state index is -1.22. The Balaban J connectivity index is 1.78. The molecule has 2 N–H and O–H groups in total. The number of carbonyl (C=O) groups excluding carboxylic acids is 1. The molecule has 0 spiro atoms. The first kappa shape index (κ1) is 21.8. The summed E-state index contributed by atoms with van der Waals surface area (Å²) in [6.07, 6.45) is 1.41. The van der Waals surface area contributed by atoms with E-state index in [0.717, 1.165) is 11.3 Å². The standard InChI is InChI=1S/C26H25NO4/c1-26(2,3)21-11-7-8-12-23(21)31-20-15-13-18(14-16-20)17-22(25(29)30)27-24(28)19-9-5-4-6-10-19/h4-17H,1-3H3,(H,27,28)(H,29,30)/b22-17+. The minimum absolute atomic E-state index is 0.0629. The lowest BCUT2D eigenvalue weighted by Crippen LogP contribution is -2.27. The monoisotopic (exact) mass is 415 g/mol. The molecule has 158 valence electrons. The quantitative estimate of drug-likeness (QED) is 0.512. The van der Waals surface area contributed by atoms with Crippen LogP contribution in [0.3, 0.4) is 0 Å². The Bertz CT molecular complexity index is 1090. The van der Waals surface area contributed by atoms with Gasteiger partial charge < -0.3 is 15.2 Å². The maximum atomic E-state index is 12.3. The van der Waals surface area contributed by atoms with Crippen molar-refractivity contribution in [3.05, 3.63) is 101 Å². The summed E-state index contributed by atoms with van der Waals surface area (Å²) in [5, 5.41) is 11.9. The first-order valence-electron chi connectivity index (χ1n) is 9.93. The Kier molecular flexibility index (Phi) is 6.55. The molecule has 1 amide bonds. The van der Waals surface area contributed by atoms with E-state index in [0.29, 0.717) is 16.9 Å². The van der Waals surface area contributed by atoms with Crippen LogP contribution >= 0.6 is 0 Å². The Morgan fingerprint density at radius 2 is 1.48 bits per heavy atom. The van der Waals surface area contributed by atoms with Crippen molar-refractivity contribution in [3.63, 3.8) is 0 Å². The number of hydrogen-bond acceptors (Lipinski definition) is 3. The normalized spacial score (nSPS) is 11.6.